The molecule has 3 unspecified atom stereocenters. The van der Waals surface area contributed by atoms with Gasteiger partial charge in [-0.3, -0.25) is 23.9 Å². The van der Waals surface area contributed by atoms with E-state index >= 15 is 0 Å². The molecule has 2 aliphatic heterocycles. The Labute approximate surface area is 419 Å². The minimum absolute atomic E-state index is 0.0931. The van der Waals surface area contributed by atoms with Crippen LogP contribution in [0.2, 0.25) is 0 Å². The minimum atomic E-state index is -2.04. The number of aryl methyl sites for hydroxylation is 3. The zero-order chi connectivity index (χ0) is 52.5. The molecule has 0 bridgehead atoms. The van der Waals surface area contributed by atoms with E-state index < -0.39 is 77.4 Å². The van der Waals surface area contributed by atoms with E-state index in [-0.39, 0.29) is 55.4 Å². The van der Waals surface area contributed by atoms with Gasteiger partial charge in [0.2, 0.25) is 23.3 Å². The number of carbonyl (C=O) groups excluding carboxylic acids is 5. The fraction of sp³-hybridized carbons (Fsp3) is 0.588. The molecule has 0 fully saturated rings. The highest BCUT2D eigenvalue weighted by Crippen LogP contribution is 2.42. The van der Waals surface area contributed by atoms with E-state index in [1.54, 1.807) is 54.3 Å². The van der Waals surface area contributed by atoms with E-state index in [9.17, 15) is 33.9 Å². The molecule has 0 saturated carbocycles. The molecule has 21 heteroatoms. The third kappa shape index (κ3) is 13.1. The van der Waals surface area contributed by atoms with Crippen molar-refractivity contribution in [3.8, 4) is 17.1 Å². The number of cyclic esters (lactones) is 1. The molecule has 72 heavy (non-hydrogen) atoms. The Kier molecular flexibility index (Phi) is 17.8. The van der Waals surface area contributed by atoms with Crippen LogP contribution in [0, 0.1) is 12.8 Å². The van der Waals surface area contributed by atoms with Crippen molar-refractivity contribution < 1.29 is 52.8 Å². The number of amides is 3. The maximum atomic E-state index is 14.2. The van der Waals surface area contributed by atoms with Crippen LogP contribution in [0.5, 0.6) is 5.75 Å². The molecule has 6 N–H and O–H groups in total. The quantitative estimate of drug-likeness (QED) is 0.0401. The van der Waals surface area contributed by atoms with Gasteiger partial charge < -0.3 is 55.0 Å². The molecule has 0 saturated heterocycles. The number of hydrogen-bond acceptors (Lipinski definition) is 16. The Morgan fingerprint density at radius 3 is 2.43 bits per heavy atom. The van der Waals surface area contributed by atoms with E-state index in [1.807, 2.05) is 47.7 Å². The smallest absolute Gasteiger partial charge is 0.508 e. The number of unbranched alkanes of at least 4 members (excludes halogenated alkanes) is 1. The molecule has 5 heterocycles. The molecular weight excluding hydrogens is 931 g/mol. The lowest BCUT2D eigenvalue weighted by molar-refractivity contribution is -0.175. The van der Waals surface area contributed by atoms with Gasteiger partial charge in [-0.1, -0.05) is 32.9 Å². The van der Waals surface area contributed by atoms with Crippen molar-refractivity contribution in [2.75, 3.05) is 33.0 Å². The summed E-state index contributed by atoms with van der Waals surface area (Å²) in [5.41, 5.74) is 6.69. The van der Waals surface area contributed by atoms with Crippen LogP contribution in [0.3, 0.4) is 0 Å². The first-order valence-corrected chi connectivity index (χ1v) is 24.7. The average molecular weight is 1000 g/mol. The van der Waals surface area contributed by atoms with Gasteiger partial charge in [-0.15, -0.1) is 5.10 Å². The number of phenols is 1. The summed E-state index contributed by atoms with van der Waals surface area (Å²) in [6.45, 7) is 16.8. The molecule has 3 amide bonds. The van der Waals surface area contributed by atoms with Gasteiger partial charge in [0, 0.05) is 41.4 Å². The lowest BCUT2D eigenvalue weighted by atomic mass is 9.85. The molecule has 392 valence electrons. The number of aromatic hydroxyl groups is 1. The topological polar surface area (TPSA) is 279 Å². The number of phenolic OH excluding ortho intramolecular Hbond substituents is 1. The normalized spacial score (nSPS) is 16.1. The first-order chi connectivity index (χ1) is 34.1. The first-order valence-electron chi connectivity index (χ1n) is 24.7. The van der Waals surface area contributed by atoms with Crippen molar-refractivity contribution in [1.82, 2.24) is 40.5 Å². The van der Waals surface area contributed by atoms with E-state index in [4.69, 9.17) is 34.4 Å². The Bertz CT molecular complexity index is 2700. The number of nitrogens with one attached hydrogen (secondary N) is 3. The van der Waals surface area contributed by atoms with Crippen LogP contribution >= 0.6 is 0 Å². The van der Waals surface area contributed by atoms with E-state index in [1.165, 1.54) is 0 Å². The van der Waals surface area contributed by atoms with Gasteiger partial charge >= 0.3 is 12.1 Å². The zero-order valence-corrected chi connectivity index (χ0v) is 43.0. The Morgan fingerprint density at radius 2 is 1.75 bits per heavy atom. The fourth-order valence-corrected chi connectivity index (χ4v) is 8.98. The average Bonchev–Trinajstić information content (AvgIpc) is 3.91. The molecule has 2 aliphatic rings. The van der Waals surface area contributed by atoms with E-state index in [0.29, 0.717) is 68.7 Å². The van der Waals surface area contributed by atoms with Crippen molar-refractivity contribution >= 4 is 40.7 Å². The maximum Gasteiger partial charge on any atom is 0.509 e. The van der Waals surface area contributed by atoms with Crippen molar-refractivity contribution in [2.24, 2.45) is 11.7 Å². The summed E-state index contributed by atoms with van der Waals surface area (Å²) in [4.78, 5) is 86.1. The summed E-state index contributed by atoms with van der Waals surface area (Å²) in [6, 6.07) is 4.76. The standard InChI is InChI=1S/C51H71N9O12/c1-10-33-34-22-32(61)15-16-38(34)54-44-35(33)25-60-41(44)23-37-36(46(60)65)26-69-47(66)51(37,11-2)72-48(67)70-27-40(30(3)4)55-45(64)39(14-12-13-19-52)53-42(62)28-68-29-43(63)56-49(6,7)18-21-71-50(8,9)17-20-59-24-31(5)57-58-59/h15-16,22-24,30,39-40,61H,10-14,17-21,25-29,52H2,1-9H3,(H,53,62)(H,55,64)(H,56,63). The lowest BCUT2D eigenvalue weighted by Crippen LogP contribution is -2.53. The molecule has 4 aromatic rings. The first kappa shape index (κ1) is 54.9. The molecule has 1 aromatic carbocycles. The summed E-state index contributed by atoms with van der Waals surface area (Å²) in [6.07, 6.45) is 3.70. The van der Waals surface area contributed by atoms with Gasteiger partial charge in [-0.2, -0.15) is 0 Å². The van der Waals surface area contributed by atoms with Crippen LogP contribution in [-0.4, -0.2) is 116 Å². The summed E-state index contributed by atoms with van der Waals surface area (Å²) in [7, 11) is 0. The third-order valence-corrected chi connectivity index (χ3v) is 13.2. The highest BCUT2D eigenvalue weighted by molar-refractivity contribution is 5.91. The van der Waals surface area contributed by atoms with Crippen molar-refractivity contribution in [2.45, 2.75) is 156 Å². The number of pyridine rings is 2. The Morgan fingerprint density at radius 1 is 1.00 bits per heavy atom. The highest BCUT2D eigenvalue weighted by Gasteiger charge is 2.51. The van der Waals surface area contributed by atoms with Gasteiger partial charge in [-0.25, -0.2) is 14.6 Å². The number of carbonyl (C=O) groups is 5. The van der Waals surface area contributed by atoms with Gasteiger partial charge in [0.1, 0.15) is 38.2 Å². The summed E-state index contributed by atoms with van der Waals surface area (Å²) >= 11 is 0. The number of esters is 1. The predicted octanol–water partition coefficient (Wildman–Crippen LogP) is 4.35. The van der Waals surface area contributed by atoms with Crippen molar-refractivity contribution in [1.29, 1.82) is 0 Å². The van der Waals surface area contributed by atoms with Gasteiger partial charge in [0.15, 0.2) is 0 Å². The van der Waals surface area contributed by atoms with Crippen LogP contribution in [0.15, 0.2) is 35.3 Å². The van der Waals surface area contributed by atoms with Crippen LogP contribution in [0.25, 0.3) is 22.3 Å². The number of nitrogens with two attached hydrogens (primary N) is 1. The molecule has 3 atom stereocenters. The van der Waals surface area contributed by atoms with Crippen molar-refractivity contribution in [3.63, 3.8) is 0 Å². The molecule has 0 radical (unpaired) electrons. The summed E-state index contributed by atoms with van der Waals surface area (Å²) < 4.78 is 31.9. The van der Waals surface area contributed by atoms with Crippen LogP contribution < -0.4 is 27.2 Å². The SMILES string of the molecule is CCc1c2c(nc3ccc(O)cc13)-c1cc3c(c(=O)n1C2)COC(=O)C3(CC)OC(=O)OCC(NC(=O)C(CCCCN)NC(=O)COCC(=O)NC(C)(C)CCOC(C)(C)CCn1cc(C)nn1)C(C)C. The highest BCUT2D eigenvalue weighted by atomic mass is 16.7. The second kappa shape index (κ2) is 23.4. The number of hydrogen-bond donors (Lipinski definition) is 5. The monoisotopic (exact) mass is 1000 g/mol. The van der Waals surface area contributed by atoms with Crippen molar-refractivity contribution in [3.05, 3.63) is 68.8 Å². The van der Waals surface area contributed by atoms with Gasteiger partial charge in [-0.05, 0) is 122 Å². The minimum Gasteiger partial charge on any atom is -0.508 e. The third-order valence-electron chi connectivity index (χ3n) is 13.2. The molecule has 6 rings (SSSR count). The maximum absolute atomic E-state index is 14.2. The number of benzene rings is 1. The summed E-state index contributed by atoms with van der Waals surface area (Å²) in [5, 5.41) is 27.6. The van der Waals surface area contributed by atoms with Crippen LogP contribution in [-0.2, 0) is 74.6 Å². The molecule has 3 aromatic heterocycles. The number of rotatable bonds is 25. The second-order valence-corrected chi connectivity index (χ2v) is 20.1. The molecular formula is C51H71N9O12. The Balaban J connectivity index is 1.03. The number of aromatic nitrogens is 5. The zero-order valence-electron chi connectivity index (χ0n) is 43.0. The van der Waals surface area contributed by atoms with Gasteiger partial charge in [0.25, 0.3) is 5.56 Å². The fourth-order valence-electron chi connectivity index (χ4n) is 8.98. The van der Waals surface area contributed by atoms with Crippen LogP contribution in [0.1, 0.15) is 122 Å². The number of fused-ring (bicyclic) bond motifs is 5. The Hall–Kier alpha value is -6.45. The molecule has 0 aliphatic carbocycles. The number of ether oxygens (including phenoxy) is 5. The largest absolute Gasteiger partial charge is 0.509 e. The summed E-state index contributed by atoms with van der Waals surface area (Å²) in [5.74, 6) is -2.68. The lowest BCUT2D eigenvalue weighted by Gasteiger charge is -2.35. The molecule has 0 spiro atoms. The number of nitrogens with zero attached hydrogens (tertiary/aromatic N) is 5. The molecule has 21 nitrogen and oxygen atoms in total. The van der Waals surface area contributed by atoms with Gasteiger partial charge in [0.05, 0.1) is 46.3 Å². The van der Waals surface area contributed by atoms with E-state index in [2.05, 4.69) is 26.3 Å². The predicted molar refractivity (Wildman–Crippen MR) is 264 cm³/mol. The van der Waals surface area contributed by atoms with E-state index in [0.717, 1.165) is 22.2 Å². The second-order valence-electron chi connectivity index (χ2n) is 20.1. The van der Waals surface area contributed by atoms with Crippen LogP contribution in [0.4, 0.5) is 4.79 Å².